The number of fused-ring (bicyclic) bond motifs is 3. The third kappa shape index (κ3) is 2.75. The molecule has 5 saturated carbocycles. The van der Waals surface area contributed by atoms with Gasteiger partial charge in [-0.15, -0.1) is 0 Å². The molecule has 6 heteroatoms. The van der Waals surface area contributed by atoms with Crippen LogP contribution in [0, 0.1) is 34.0 Å². The Morgan fingerprint density at radius 3 is 2.33 bits per heavy atom. The molecule has 1 spiro atoms. The van der Waals surface area contributed by atoms with Gasteiger partial charge in [-0.2, -0.15) is 0 Å². The third-order valence-corrected chi connectivity index (χ3v) is 8.85. The van der Waals surface area contributed by atoms with E-state index in [0.29, 0.717) is 25.2 Å². The van der Waals surface area contributed by atoms with E-state index >= 15 is 0 Å². The number of hydrogen-bond acceptors (Lipinski definition) is 6. The summed E-state index contributed by atoms with van der Waals surface area (Å²) in [7, 11) is 0. The van der Waals surface area contributed by atoms with E-state index in [4.69, 9.17) is 9.47 Å². The molecule has 0 aliphatic heterocycles. The van der Waals surface area contributed by atoms with E-state index in [1.54, 1.807) is 0 Å². The summed E-state index contributed by atoms with van der Waals surface area (Å²) in [6.45, 7) is 8.84. The molecule has 0 aromatic rings. The van der Waals surface area contributed by atoms with Crippen LogP contribution in [0.25, 0.3) is 0 Å². The number of rotatable bonds is 4. The molecule has 2 bridgehead atoms. The fourth-order valence-electron chi connectivity index (χ4n) is 7.91. The first-order valence-corrected chi connectivity index (χ1v) is 11.1. The summed E-state index contributed by atoms with van der Waals surface area (Å²) in [5, 5.41) is 0. The molecule has 5 aliphatic carbocycles. The van der Waals surface area contributed by atoms with Gasteiger partial charge in [0, 0.05) is 36.0 Å². The van der Waals surface area contributed by atoms with Crippen molar-refractivity contribution in [2.24, 2.45) is 34.0 Å². The van der Waals surface area contributed by atoms with Gasteiger partial charge in [0.05, 0.1) is 0 Å². The SMILES string of the molecule is C=C1C[C@]23CC[C@H]1C[C@H]2[C@]1(C=O)CCC[C@@](C)(C=O)[C@H]1[C@H](OC(C)=O)[C@H]3OC(C)=O. The molecule has 0 heterocycles. The molecule has 0 saturated heterocycles. The summed E-state index contributed by atoms with van der Waals surface area (Å²) in [5.41, 5.74) is -0.961. The van der Waals surface area contributed by atoms with Crippen molar-refractivity contribution in [2.45, 2.75) is 77.9 Å². The quantitative estimate of drug-likeness (QED) is 0.396. The molecule has 0 aromatic heterocycles. The van der Waals surface area contributed by atoms with Crippen LogP contribution in [0.4, 0.5) is 0 Å². The Balaban J connectivity index is 1.96. The number of ether oxygens (including phenoxy) is 2. The van der Waals surface area contributed by atoms with Crippen LogP contribution in [-0.4, -0.2) is 36.7 Å². The smallest absolute Gasteiger partial charge is 0.303 e. The van der Waals surface area contributed by atoms with Crippen LogP contribution in [-0.2, 0) is 28.7 Å². The molecule has 164 valence electrons. The van der Waals surface area contributed by atoms with Crippen LogP contribution < -0.4 is 0 Å². The van der Waals surface area contributed by atoms with E-state index in [9.17, 15) is 19.2 Å². The summed E-state index contributed by atoms with van der Waals surface area (Å²) in [4.78, 5) is 49.6. The molecule has 0 N–H and O–H groups in total. The van der Waals surface area contributed by atoms with Gasteiger partial charge in [0.2, 0.25) is 0 Å². The topological polar surface area (TPSA) is 86.7 Å². The fraction of sp³-hybridized carbons (Fsp3) is 0.750. The molecule has 30 heavy (non-hydrogen) atoms. The fourth-order valence-corrected chi connectivity index (χ4v) is 7.91. The van der Waals surface area contributed by atoms with Crippen molar-refractivity contribution < 1.29 is 28.7 Å². The van der Waals surface area contributed by atoms with Crippen molar-refractivity contribution in [2.75, 3.05) is 0 Å². The molecule has 6 nitrogen and oxygen atoms in total. The molecular weight excluding hydrogens is 384 g/mol. The Hall–Kier alpha value is -1.98. The lowest BCUT2D eigenvalue weighted by molar-refractivity contribution is -0.268. The second-order valence-electron chi connectivity index (χ2n) is 10.4. The maximum atomic E-state index is 12.9. The summed E-state index contributed by atoms with van der Waals surface area (Å²) in [6.07, 6.45) is 5.74. The van der Waals surface area contributed by atoms with Crippen LogP contribution in [0.3, 0.4) is 0 Å². The van der Waals surface area contributed by atoms with Crippen LogP contribution >= 0.6 is 0 Å². The zero-order valence-electron chi connectivity index (χ0n) is 18.1. The van der Waals surface area contributed by atoms with Crippen molar-refractivity contribution in [3.8, 4) is 0 Å². The van der Waals surface area contributed by atoms with Gasteiger partial charge in [-0.25, -0.2) is 0 Å². The number of carbonyl (C=O) groups excluding carboxylic acids is 4. The Morgan fingerprint density at radius 2 is 1.77 bits per heavy atom. The van der Waals surface area contributed by atoms with Crippen molar-refractivity contribution in [3.05, 3.63) is 12.2 Å². The van der Waals surface area contributed by atoms with Gasteiger partial charge in [0.15, 0.2) is 0 Å². The van der Waals surface area contributed by atoms with Crippen molar-refractivity contribution in [1.82, 2.24) is 0 Å². The first-order valence-electron chi connectivity index (χ1n) is 11.1. The zero-order valence-corrected chi connectivity index (χ0v) is 18.1. The molecule has 0 radical (unpaired) electrons. The lowest BCUT2D eigenvalue weighted by Crippen LogP contribution is -2.73. The minimum absolute atomic E-state index is 0.0208. The van der Waals surface area contributed by atoms with E-state index < -0.39 is 46.3 Å². The Kier molecular flexibility index (Phi) is 4.98. The molecular formula is C24H32O6. The normalized spacial score (nSPS) is 46.9. The molecule has 5 rings (SSSR count). The molecule has 0 aromatic carbocycles. The second-order valence-corrected chi connectivity index (χ2v) is 10.4. The van der Waals surface area contributed by atoms with Crippen molar-refractivity contribution in [3.63, 3.8) is 0 Å². The number of hydrogen-bond donors (Lipinski definition) is 0. The monoisotopic (exact) mass is 416 g/mol. The highest BCUT2D eigenvalue weighted by Crippen LogP contribution is 2.72. The summed E-state index contributed by atoms with van der Waals surface area (Å²) in [5.74, 6) is -1.11. The lowest BCUT2D eigenvalue weighted by atomic mass is 9.35. The maximum Gasteiger partial charge on any atom is 0.303 e. The highest BCUT2D eigenvalue weighted by atomic mass is 16.6. The second kappa shape index (κ2) is 7.03. The van der Waals surface area contributed by atoms with Crippen molar-refractivity contribution >= 4 is 24.5 Å². The standard InChI is InChI=1S/C24H32O6/c1-14-11-23-9-6-17(14)10-18(23)24(13-26)8-5-7-22(4,12-25)20(24)19(29-15(2)27)21(23)30-16(3)28/h12-13,17-21H,1,5-11H2,2-4H3/t17-,18+,19-,20+,21+,22-,23+,24+/m0/s1. The highest BCUT2D eigenvalue weighted by Gasteiger charge is 2.73. The van der Waals surface area contributed by atoms with Gasteiger partial charge >= 0.3 is 11.9 Å². The minimum Gasteiger partial charge on any atom is -0.458 e. The van der Waals surface area contributed by atoms with Crippen molar-refractivity contribution in [1.29, 1.82) is 0 Å². The molecule has 8 atom stereocenters. The predicted octanol–water partition coefficient (Wildman–Crippen LogP) is 3.42. The lowest BCUT2D eigenvalue weighted by Gasteiger charge is -2.69. The van der Waals surface area contributed by atoms with Gasteiger partial charge in [-0.05, 0) is 50.4 Å². The van der Waals surface area contributed by atoms with Gasteiger partial charge < -0.3 is 19.1 Å². The molecule has 0 amide bonds. The number of carbonyl (C=O) groups is 4. The van der Waals surface area contributed by atoms with Gasteiger partial charge in [-0.1, -0.05) is 25.5 Å². The Morgan fingerprint density at radius 1 is 1.07 bits per heavy atom. The summed E-state index contributed by atoms with van der Waals surface area (Å²) >= 11 is 0. The first-order chi connectivity index (χ1) is 14.1. The Bertz CT molecular complexity index is 804. The van der Waals surface area contributed by atoms with Gasteiger partial charge in [0.1, 0.15) is 24.8 Å². The number of allylic oxidation sites excluding steroid dienone is 1. The summed E-state index contributed by atoms with van der Waals surface area (Å²) < 4.78 is 11.8. The van der Waals surface area contributed by atoms with E-state index in [0.717, 1.165) is 43.8 Å². The van der Waals surface area contributed by atoms with Crippen LogP contribution in [0.15, 0.2) is 12.2 Å². The Labute approximate surface area is 177 Å². The molecule has 0 unspecified atom stereocenters. The van der Waals surface area contributed by atoms with Crippen LogP contribution in [0.2, 0.25) is 0 Å². The average molecular weight is 417 g/mol. The maximum absolute atomic E-state index is 12.9. The summed E-state index contributed by atoms with van der Waals surface area (Å²) in [6, 6.07) is 0. The average Bonchev–Trinajstić information content (AvgIpc) is 2.69. The molecule has 5 aliphatic rings. The van der Waals surface area contributed by atoms with E-state index in [-0.39, 0.29) is 5.92 Å². The highest BCUT2D eigenvalue weighted by molar-refractivity contribution is 5.71. The number of esters is 2. The van der Waals surface area contributed by atoms with Gasteiger partial charge in [0.25, 0.3) is 0 Å². The van der Waals surface area contributed by atoms with Crippen LogP contribution in [0.1, 0.15) is 65.7 Å². The predicted molar refractivity (Wildman–Crippen MR) is 108 cm³/mol. The molecule has 5 fully saturated rings. The number of aldehydes is 2. The minimum atomic E-state index is -0.828. The first kappa shape index (κ1) is 21.3. The van der Waals surface area contributed by atoms with E-state index in [1.165, 1.54) is 13.8 Å². The van der Waals surface area contributed by atoms with E-state index in [1.807, 2.05) is 6.92 Å². The third-order valence-electron chi connectivity index (χ3n) is 8.85. The van der Waals surface area contributed by atoms with Gasteiger partial charge in [-0.3, -0.25) is 9.59 Å². The zero-order chi connectivity index (χ0) is 21.9. The van der Waals surface area contributed by atoms with Crippen LogP contribution in [0.5, 0.6) is 0 Å². The van der Waals surface area contributed by atoms with E-state index in [2.05, 4.69) is 6.58 Å². The largest absolute Gasteiger partial charge is 0.458 e.